The van der Waals surface area contributed by atoms with Crippen molar-refractivity contribution >= 4 is 12.6 Å². The Bertz CT molecular complexity index is 195. The third-order valence-electron chi connectivity index (χ3n) is 1.27. The van der Waals surface area contributed by atoms with Gasteiger partial charge in [-0.15, -0.1) is 0 Å². The molecule has 0 saturated heterocycles. The van der Waals surface area contributed by atoms with E-state index >= 15 is 0 Å². The fraction of sp³-hybridized carbons (Fsp3) is 0.333. The maximum atomic E-state index is 5.01. The molecule has 2 atom stereocenters. The summed E-state index contributed by atoms with van der Waals surface area (Å²) < 4.78 is 5.01. The van der Waals surface area contributed by atoms with E-state index in [1.807, 2.05) is 0 Å². The van der Waals surface area contributed by atoms with Crippen molar-refractivity contribution in [3.8, 4) is 0 Å². The first kappa shape index (κ1) is 4.73. The van der Waals surface area contributed by atoms with Crippen LogP contribution in [0.3, 0.4) is 0 Å². The lowest BCUT2D eigenvalue weighted by atomic mass is 10.2. The van der Waals surface area contributed by atoms with E-state index < -0.39 is 0 Å². The molecule has 2 aliphatic rings. The quantitative estimate of drug-likeness (QED) is 0.450. The van der Waals surface area contributed by atoms with Crippen LogP contribution in [-0.4, -0.2) is 24.9 Å². The highest BCUT2D eigenvalue weighted by Gasteiger charge is 2.23. The molecule has 0 aromatic carbocycles. The van der Waals surface area contributed by atoms with Gasteiger partial charge in [0.15, 0.2) is 18.7 Å². The van der Waals surface area contributed by atoms with Gasteiger partial charge in [0.2, 0.25) is 0 Å². The van der Waals surface area contributed by atoms with Gasteiger partial charge >= 0.3 is 0 Å². The van der Waals surface area contributed by atoms with E-state index in [4.69, 9.17) is 4.74 Å². The van der Waals surface area contributed by atoms with Gasteiger partial charge in [-0.2, -0.15) is 0 Å². The smallest absolute Gasteiger partial charge is 0.183 e. The predicted molar refractivity (Wildman–Crippen MR) is 33.5 cm³/mol. The summed E-state index contributed by atoms with van der Waals surface area (Å²) in [5.74, 6) is 0. The van der Waals surface area contributed by atoms with E-state index in [0.29, 0.717) is 0 Å². The topological polar surface area (TPSA) is 34.0 Å². The summed E-state index contributed by atoms with van der Waals surface area (Å²) in [7, 11) is 0. The van der Waals surface area contributed by atoms with E-state index in [1.54, 1.807) is 12.3 Å². The second kappa shape index (κ2) is 1.69. The number of dihydropyridines is 1. The summed E-state index contributed by atoms with van der Waals surface area (Å²) in [6.07, 6.45) is 7.70. The number of hydrogen-bond donors (Lipinski definition) is 0. The summed E-state index contributed by atoms with van der Waals surface area (Å²) in [6.45, 7) is 0. The number of rotatable bonds is 0. The molecule has 0 aromatic rings. The molecule has 0 N–H and O–H groups in total. The van der Waals surface area contributed by atoms with Gasteiger partial charge in [-0.1, -0.05) is 0 Å². The molecule has 2 aliphatic heterocycles. The van der Waals surface area contributed by atoms with Crippen LogP contribution in [0.15, 0.2) is 16.1 Å². The van der Waals surface area contributed by atoms with Crippen molar-refractivity contribution in [1.29, 1.82) is 0 Å². The Balaban J connectivity index is 2.25. The molecule has 0 aromatic heterocycles. The molecule has 9 heavy (non-hydrogen) atoms. The Morgan fingerprint density at radius 3 is 3.33 bits per heavy atom. The summed E-state index contributed by atoms with van der Waals surface area (Å²) in [5, 5.41) is 0. The second-order valence-electron chi connectivity index (χ2n) is 1.86. The lowest BCUT2D eigenvalue weighted by molar-refractivity contribution is 0.244. The van der Waals surface area contributed by atoms with Crippen LogP contribution in [0.1, 0.15) is 0 Å². The molecule has 0 fully saturated rings. The largest absolute Gasteiger partial charge is 0.471 e. The maximum absolute atomic E-state index is 5.01. The number of nitrogens with zero attached hydrogens (tertiary/aromatic N) is 2. The summed E-state index contributed by atoms with van der Waals surface area (Å²) in [4.78, 5) is 7.96. The van der Waals surface area contributed by atoms with Gasteiger partial charge in [-0.25, -0.2) is 4.99 Å². The first-order valence-electron chi connectivity index (χ1n) is 2.75. The Kier molecular flexibility index (Phi) is 0.886. The van der Waals surface area contributed by atoms with E-state index in [9.17, 15) is 0 Å². The molecular weight excluding hydrogens is 116 g/mol. The van der Waals surface area contributed by atoms with Crippen molar-refractivity contribution in [2.45, 2.75) is 12.3 Å². The molecule has 0 saturated carbocycles. The van der Waals surface area contributed by atoms with Gasteiger partial charge in [-0.3, -0.25) is 4.99 Å². The molecule has 2 heterocycles. The minimum Gasteiger partial charge on any atom is -0.471 e. The van der Waals surface area contributed by atoms with Crippen LogP contribution < -0.4 is 0 Å². The lowest BCUT2D eigenvalue weighted by Crippen LogP contribution is -2.20. The van der Waals surface area contributed by atoms with Gasteiger partial charge in [0.1, 0.15) is 0 Å². The van der Waals surface area contributed by atoms with Crippen molar-refractivity contribution in [2.75, 3.05) is 0 Å². The summed E-state index contributed by atoms with van der Waals surface area (Å²) >= 11 is 0. The zero-order chi connectivity index (χ0) is 6.10. The van der Waals surface area contributed by atoms with Crippen LogP contribution >= 0.6 is 0 Å². The Hall–Kier alpha value is -1.12. The van der Waals surface area contributed by atoms with E-state index in [1.165, 1.54) is 6.40 Å². The third kappa shape index (κ3) is 0.650. The van der Waals surface area contributed by atoms with E-state index in [2.05, 4.69) is 16.1 Å². The monoisotopic (exact) mass is 121 g/mol. The third-order valence-corrected chi connectivity index (χ3v) is 1.27. The minimum absolute atomic E-state index is 0.0602. The highest BCUT2D eigenvalue weighted by molar-refractivity contribution is 5.72. The standard InChI is InChI=1S/C6H5N2O/c1-2-5-6(7-3-1)8-4-9-5/h1,3-6H. The first-order valence-corrected chi connectivity index (χ1v) is 2.75. The molecule has 1 radical (unpaired) electrons. The van der Waals surface area contributed by atoms with Crippen molar-refractivity contribution < 1.29 is 4.74 Å². The second-order valence-corrected chi connectivity index (χ2v) is 1.86. The molecule has 3 heteroatoms. The Morgan fingerprint density at radius 1 is 1.44 bits per heavy atom. The highest BCUT2D eigenvalue weighted by atomic mass is 16.5. The predicted octanol–water partition coefficient (Wildman–Crippen LogP) is 0.183. The fourth-order valence-electron chi connectivity index (χ4n) is 0.823. The lowest BCUT2D eigenvalue weighted by Gasteiger charge is -2.09. The van der Waals surface area contributed by atoms with Crippen molar-refractivity contribution in [3.63, 3.8) is 0 Å². The van der Waals surface area contributed by atoms with Gasteiger partial charge in [0.25, 0.3) is 0 Å². The van der Waals surface area contributed by atoms with Gasteiger partial charge in [0.05, 0.1) is 0 Å². The Labute approximate surface area is 52.8 Å². The zero-order valence-electron chi connectivity index (χ0n) is 4.69. The highest BCUT2D eigenvalue weighted by Crippen LogP contribution is 2.13. The molecule has 0 bridgehead atoms. The fourth-order valence-corrected chi connectivity index (χ4v) is 0.823. The minimum atomic E-state index is -0.0602. The van der Waals surface area contributed by atoms with Crippen LogP contribution in [0.4, 0.5) is 0 Å². The summed E-state index contributed by atoms with van der Waals surface area (Å²) in [6, 6.07) is 0. The number of aliphatic imine (C=N–C) groups is 2. The molecular formula is C6H5N2O. The molecule has 2 unspecified atom stereocenters. The van der Waals surface area contributed by atoms with Crippen LogP contribution in [0.25, 0.3) is 0 Å². The SMILES string of the molecule is [C]1=CC=NC2N=COC12. The van der Waals surface area contributed by atoms with E-state index in [-0.39, 0.29) is 12.3 Å². The van der Waals surface area contributed by atoms with Crippen LogP contribution in [0.5, 0.6) is 0 Å². The van der Waals surface area contributed by atoms with Gasteiger partial charge in [0, 0.05) is 12.3 Å². The molecule has 3 nitrogen and oxygen atoms in total. The number of hydrogen-bond acceptors (Lipinski definition) is 3. The Morgan fingerprint density at radius 2 is 2.44 bits per heavy atom. The van der Waals surface area contributed by atoms with Crippen molar-refractivity contribution in [3.05, 3.63) is 12.2 Å². The summed E-state index contributed by atoms with van der Waals surface area (Å²) in [5.41, 5.74) is 0. The molecule has 0 spiro atoms. The average Bonchev–Trinajstić information content (AvgIpc) is 2.33. The molecule has 0 amide bonds. The van der Waals surface area contributed by atoms with Crippen molar-refractivity contribution in [1.82, 2.24) is 0 Å². The zero-order valence-corrected chi connectivity index (χ0v) is 4.69. The number of ether oxygens (including phenoxy) is 1. The normalized spacial score (nSPS) is 36.4. The van der Waals surface area contributed by atoms with Crippen LogP contribution in [-0.2, 0) is 4.74 Å². The van der Waals surface area contributed by atoms with Gasteiger partial charge in [-0.05, 0) is 6.08 Å². The van der Waals surface area contributed by atoms with Crippen LogP contribution in [0, 0.1) is 6.08 Å². The number of allylic oxidation sites excluding steroid dienone is 1. The maximum Gasteiger partial charge on any atom is 0.183 e. The molecule has 2 rings (SSSR count). The molecule has 0 aliphatic carbocycles. The van der Waals surface area contributed by atoms with Crippen molar-refractivity contribution in [2.24, 2.45) is 9.98 Å². The van der Waals surface area contributed by atoms with E-state index in [0.717, 1.165) is 0 Å². The first-order chi connectivity index (χ1) is 4.47. The van der Waals surface area contributed by atoms with Crippen LogP contribution in [0.2, 0.25) is 0 Å². The molecule has 45 valence electrons. The van der Waals surface area contributed by atoms with Gasteiger partial charge < -0.3 is 4.74 Å². The average molecular weight is 121 g/mol. The number of fused-ring (bicyclic) bond motifs is 1.